The first-order chi connectivity index (χ1) is 13.0. The Hall–Kier alpha value is -3.06. The summed E-state index contributed by atoms with van der Waals surface area (Å²) < 4.78 is 2.44. The third-order valence-corrected chi connectivity index (χ3v) is 5.60. The van der Waals surface area contributed by atoms with Crippen molar-refractivity contribution in [3.63, 3.8) is 0 Å². The zero-order chi connectivity index (χ0) is 18.7. The Kier molecular flexibility index (Phi) is 3.42. The highest BCUT2D eigenvalue weighted by atomic mass is 15.0. The van der Waals surface area contributed by atoms with Gasteiger partial charge in [-0.1, -0.05) is 42.5 Å². The summed E-state index contributed by atoms with van der Waals surface area (Å²) in [5.41, 5.74) is 9.02. The van der Waals surface area contributed by atoms with Crippen LogP contribution in [0.4, 0.5) is 0 Å². The topological polar surface area (TPSA) is 4.93 Å². The lowest BCUT2D eigenvalue weighted by atomic mass is 9.99. The van der Waals surface area contributed by atoms with E-state index in [1.54, 1.807) is 0 Å². The summed E-state index contributed by atoms with van der Waals surface area (Å²) in [6.07, 6.45) is 0. The molecular weight excluding hydrogens is 326 g/mol. The number of nitrogens with zero attached hydrogens (tertiary/aromatic N) is 1. The Labute approximate surface area is 159 Å². The molecule has 5 rings (SSSR count). The Morgan fingerprint density at radius 2 is 1.26 bits per heavy atom. The van der Waals surface area contributed by atoms with Crippen LogP contribution in [0.25, 0.3) is 38.3 Å². The SMILES string of the molecule is Cc1cc(C)cc(-n2c3cc(C)ccc3c3c4ccccc4c(C)cc32)c1. The summed E-state index contributed by atoms with van der Waals surface area (Å²) in [7, 11) is 0. The van der Waals surface area contributed by atoms with Crippen LogP contribution in [0.15, 0.2) is 66.7 Å². The molecule has 4 aromatic carbocycles. The van der Waals surface area contributed by atoms with Crippen LogP contribution in [0, 0.1) is 27.7 Å². The quantitative estimate of drug-likeness (QED) is 0.302. The molecule has 0 N–H and O–H groups in total. The highest BCUT2D eigenvalue weighted by Gasteiger charge is 2.16. The van der Waals surface area contributed by atoms with Crippen LogP contribution >= 0.6 is 0 Å². The summed E-state index contributed by atoms with van der Waals surface area (Å²) in [5.74, 6) is 0. The predicted molar refractivity (Wildman–Crippen MR) is 117 cm³/mol. The molecule has 0 aliphatic carbocycles. The molecule has 0 saturated heterocycles. The fourth-order valence-corrected chi connectivity index (χ4v) is 4.52. The molecule has 1 nitrogen and oxygen atoms in total. The average Bonchev–Trinajstić information content (AvgIpc) is 2.94. The maximum Gasteiger partial charge on any atom is 0.0550 e. The van der Waals surface area contributed by atoms with Crippen molar-refractivity contribution in [2.75, 3.05) is 0 Å². The largest absolute Gasteiger partial charge is 0.309 e. The summed E-state index contributed by atoms with van der Waals surface area (Å²) >= 11 is 0. The molecule has 0 aliphatic rings. The monoisotopic (exact) mass is 349 g/mol. The minimum absolute atomic E-state index is 1.24. The molecule has 0 radical (unpaired) electrons. The van der Waals surface area contributed by atoms with E-state index in [1.807, 2.05) is 0 Å². The number of hydrogen-bond acceptors (Lipinski definition) is 0. The molecule has 0 amide bonds. The van der Waals surface area contributed by atoms with E-state index in [-0.39, 0.29) is 0 Å². The van der Waals surface area contributed by atoms with Crippen LogP contribution in [0.1, 0.15) is 22.3 Å². The van der Waals surface area contributed by atoms with E-state index in [1.165, 1.54) is 60.5 Å². The van der Waals surface area contributed by atoms with Gasteiger partial charge in [-0.05, 0) is 85.0 Å². The first-order valence-corrected chi connectivity index (χ1v) is 9.55. The van der Waals surface area contributed by atoms with Crippen molar-refractivity contribution in [1.82, 2.24) is 4.57 Å². The molecular formula is C26H23N. The molecule has 0 unspecified atom stereocenters. The molecule has 0 atom stereocenters. The second-order valence-electron chi connectivity index (χ2n) is 7.84. The van der Waals surface area contributed by atoms with Crippen molar-refractivity contribution in [2.45, 2.75) is 27.7 Å². The van der Waals surface area contributed by atoms with Gasteiger partial charge in [0.2, 0.25) is 0 Å². The Balaban J connectivity index is 2.07. The van der Waals surface area contributed by atoms with Crippen LogP contribution in [-0.4, -0.2) is 4.57 Å². The van der Waals surface area contributed by atoms with Gasteiger partial charge in [-0.15, -0.1) is 0 Å². The Morgan fingerprint density at radius 3 is 2.00 bits per heavy atom. The number of aryl methyl sites for hydroxylation is 4. The Morgan fingerprint density at radius 1 is 0.556 bits per heavy atom. The van der Waals surface area contributed by atoms with Gasteiger partial charge in [-0.3, -0.25) is 0 Å². The van der Waals surface area contributed by atoms with Crippen molar-refractivity contribution < 1.29 is 0 Å². The van der Waals surface area contributed by atoms with Crippen molar-refractivity contribution >= 4 is 32.6 Å². The zero-order valence-electron chi connectivity index (χ0n) is 16.3. The number of rotatable bonds is 1. The van der Waals surface area contributed by atoms with E-state index in [9.17, 15) is 0 Å². The number of fused-ring (bicyclic) bond motifs is 5. The normalized spacial score (nSPS) is 11.7. The molecule has 0 bridgehead atoms. The van der Waals surface area contributed by atoms with Gasteiger partial charge in [0.05, 0.1) is 11.0 Å². The molecule has 1 heteroatoms. The van der Waals surface area contributed by atoms with Crippen LogP contribution in [0.2, 0.25) is 0 Å². The number of aromatic nitrogens is 1. The van der Waals surface area contributed by atoms with E-state index < -0.39 is 0 Å². The molecule has 0 saturated carbocycles. The van der Waals surface area contributed by atoms with E-state index in [0.717, 1.165) is 0 Å². The summed E-state index contributed by atoms with van der Waals surface area (Å²) in [4.78, 5) is 0. The van der Waals surface area contributed by atoms with Crippen LogP contribution in [0.3, 0.4) is 0 Å². The minimum Gasteiger partial charge on any atom is -0.309 e. The first-order valence-electron chi connectivity index (χ1n) is 9.55. The van der Waals surface area contributed by atoms with Crippen molar-refractivity contribution in [1.29, 1.82) is 0 Å². The third kappa shape index (κ3) is 2.39. The van der Waals surface area contributed by atoms with Gasteiger partial charge in [0.25, 0.3) is 0 Å². The Bertz CT molecular complexity index is 1330. The van der Waals surface area contributed by atoms with E-state index in [4.69, 9.17) is 0 Å². The molecule has 27 heavy (non-hydrogen) atoms. The lowest BCUT2D eigenvalue weighted by molar-refractivity contribution is 1.16. The lowest BCUT2D eigenvalue weighted by Gasteiger charge is -2.12. The fourth-order valence-electron chi connectivity index (χ4n) is 4.52. The van der Waals surface area contributed by atoms with E-state index in [0.29, 0.717) is 0 Å². The molecule has 5 aromatic rings. The zero-order valence-corrected chi connectivity index (χ0v) is 16.3. The fraction of sp³-hybridized carbons (Fsp3) is 0.154. The van der Waals surface area contributed by atoms with Gasteiger partial charge in [0.1, 0.15) is 0 Å². The van der Waals surface area contributed by atoms with Crippen molar-refractivity contribution in [3.8, 4) is 5.69 Å². The smallest absolute Gasteiger partial charge is 0.0550 e. The van der Waals surface area contributed by atoms with Gasteiger partial charge in [0, 0.05) is 16.5 Å². The maximum absolute atomic E-state index is 2.44. The lowest BCUT2D eigenvalue weighted by Crippen LogP contribution is -1.96. The highest BCUT2D eigenvalue weighted by Crippen LogP contribution is 2.38. The standard InChI is InChI=1S/C26H23N/c1-16-9-10-23-24(14-16)27(20-12-17(2)11-18(3)13-20)25-15-19(4)21-7-5-6-8-22(21)26(23)25/h5-15H,1-4H3. The highest BCUT2D eigenvalue weighted by molar-refractivity contribution is 6.22. The summed E-state index contributed by atoms with van der Waals surface area (Å²) in [6, 6.07) is 24.8. The van der Waals surface area contributed by atoms with Crippen molar-refractivity contribution in [3.05, 3.63) is 89.0 Å². The molecule has 0 aliphatic heterocycles. The third-order valence-electron chi connectivity index (χ3n) is 5.60. The minimum atomic E-state index is 1.24. The second-order valence-corrected chi connectivity index (χ2v) is 7.84. The van der Waals surface area contributed by atoms with Gasteiger partial charge in [-0.2, -0.15) is 0 Å². The van der Waals surface area contributed by atoms with Gasteiger partial charge in [-0.25, -0.2) is 0 Å². The van der Waals surface area contributed by atoms with Gasteiger partial charge >= 0.3 is 0 Å². The van der Waals surface area contributed by atoms with Crippen LogP contribution in [-0.2, 0) is 0 Å². The average molecular weight is 349 g/mol. The number of benzene rings is 4. The summed E-state index contributed by atoms with van der Waals surface area (Å²) in [6.45, 7) is 8.75. The number of hydrogen-bond donors (Lipinski definition) is 0. The molecule has 0 spiro atoms. The van der Waals surface area contributed by atoms with Crippen molar-refractivity contribution in [2.24, 2.45) is 0 Å². The summed E-state index contributed by atoms with van der Waals surface area (Å²) in [5, 5.41) is 5.35. The van der Waals surface area contributed by atoms with E-state index in [2.05, 4.69) is 99.0 Å². The predicted octanol–water partition coefficient (Wildman–Crippen LogP) is 7.17. The van der Waals surface area contributed by atoms with Crippen LogP contribution < -0.4 is 0 Å². The van der Waals surface area contributed by atoms with Gasteiger partial charge in [0.15, 0.2) is 0 Å². The second kappa shape index (κ2) is 5.72. The molecule has 1 aromatic heterocycles. The molecule has 132 valence electrons. The first kappa shape index (κ1) is 16.1. The van der Waals surface area contributed by atoms with Gasteiger partial charge < -0.3 is 4.57 Å². The van der Waals surface area contributed by atoms with E-state index >= 15 is 0 Å². The van der Waals surface area contributed by atoms with Crippen LogP contribution in [0.5, 0.6) is 0 Å². The molecule has 0 fully saturated rings. The molecule has 1 heterocycles. The maximum atomic E-state index is 2.44.